The fourth-order valence-electron chi connectivity index (χ4n) is 0.436. The average Bonchev–Trinajstić information content (AvgIpc) is 2.17. The first kappa shape index (κ1) is 5.54. The third-order valence-corrected chi connectivity index (χ3v) is 0.744. The second kappa shape index (κ2) is 2.12. The molecule has 0 saturated heterocycles. The molecule has 1 aromatic heterocycles. The van der Waals surface area contributed by atoms with Crippen molar-refractivity contribution in [2.24, 2.45) is 16.2 Å². The van der Waals surface area contributed by atoms with Crippen LogP contribution in [-0.4, -0.2) is 10.2 Å². The number of aromatic amines is 1. The van der Waals surface area contributed by atoms with Gasteiger partial charge >= 0.3 is 0 Å². The van der Waals surface area contributed by atoms with Gasteiger partial charge in [-0.05, 0) is 0 Å². The molecule has 1 aromatic rings. The highest BCUT2D eigenvalue weighted by Crippen LogP contribution is 2.08. The lowest BCUT2D eigenvalue weighted by atomic mass is 10.6. The number of nitrogen functional groups attached to an aromatic ring is 1. The van der Waals surface area contributed by atoms with Gasteiger partial charge in [-0.1, -0.05) is 5.22 Å². The monoisotopic (exact) mass is 126 g/mol. The summed E-state index contributed by atoms with van der Waals surface area (Å²) in [4.78, 5) is 0. The molecule has 0 aliphatic carbocycles. The zero-order chi connectivity index (χ0) is 6.69. The maximum atomic E-state index is 5.25. The number of rotatable bonds is 1. The molecule has 0 amide bonds. The van der Waals surface area contributed by atoms with Gasteiger partial charge in [0.2, 0.25) is 0 Å². The van der Waals surface area contributed by atoms with Crippen molar-refractivity contribution in [3.8, 4) is 0 Å². The van der Waals surface area contributed by atoms with Crippen LogP contribution >= 0.6 is 0 Å². The molecular formula is C3H6N6. The Morgan fingerprint density at radius 2 is 2.44 bits per heavy atom. The summed E-state index contributed by atoms with van der Waals surface area (Å²) in [6.45, 7) is 0. The largest absolute Gasteiger partial charge is 0.384 e. The zero-order valence-electron chi connectivity index (χ0n) is 4.57. The van der Waals surface area contributed by atoms with E-state index in [1.54, 1.807) is 0 Å². The van der Waals surface area contributed by atoms with Crippen molar-refractivity contribution in [2.45, 2.75) is 0 Å². The van der Waals surface area contributed by atoms with E-state index in [1.807, 2.05) is 0 Å². The standard InChI is InChI=1S/C3H6N6/c4-2-1-3(7-6-2)8-9-5/h1H,(H5,4,5,6,7,8). The first-order valence-corrected chi connectivity index (χ1v) is 2.25. The highest BCUT2D eigenvalue weighted by molar-refractivity contribution is 5.39. The number of anilines is 1. The second-order valence-corrected chi connectivity index (χ2v) is 1.40. The molecule has 1 rings (SSSR count). The third-order valence-electron chi connectivity index (χ3n) is 0.744. The molecule has 6 nitrogen and oxygen atoms in total. The Balaban J connectivity index is 2.85. The molecule has 9 heavy (non-hydrogen) atoms. The number of H-pyrrole nitrogens is 1. The van der Waals surface area contributed by atoms with Gasteiger partial charge in [-0.15, -0.1) is 5.11 Å². The van der Waals surface area contributed by atoms with E-state index in [4.69, 9.17) is 11.6 Å². The van der Waals surface area contributed by atoms with Crippen LogP contribution in [0.5, 0.6) is 0 Å². The summed E-state index contributed by atoms with van der Waals surface area (Å²) in [6.07, 6.45) is 0. The smallest absolute Gasteiger partial charge is 0.199 e. The summed E-state index contributed by atoms with van der Waals surface area (Å²) >= 11 is 0. The molecular weight excluding hydrogens is 120 g/mol. The average molecular weight is 126 g/mol. The van der Waals surface area contributed by atoms with E-state index in [9.17, 15) is 0 Å². The molecule has 0 fully saturated rings. The van der Waals surface area contributed by atoms with Gasteiger partial charge in [0.1, 0.15) is 5.82 Å². The first-order valence-electron chi connectivity index (χ1n) is 2.25. The van der Waals surface area contributed by atoms with E-state index in [1.165, 1.54) is 6.07 Å². The van der Waals surface area contributed by atoms with Crippen molar-refractivity contribution in [1.29, 1.82) is 0 Å². The molecule has 6 heteroatoms. The molecule has 0 saturated carbocycles. The Morgan fingerprint density at radius 1 is 1.67 bits per heavy atom. The van der Waals surface area contributed by atoms with Crippen molar-refractivity contribution in [2.75, 3.05) is 5.73 Å². The Bertz CT molecular complexity index is 212. The fourth-order valence-corrected chi connectivity index (χ4v) is 0.436. The van der Waals surface area contributed by atoms with Crippen molar-refractivity contribution in [1.82, 2.24) is 10.2 Å². The van der Waals surface area contributed by atoms with Gasteiger partial charge in [0.05, 0.1) is 0 Å². The van der Waals surface area contributed by atoms with E-state index in [0.29, 0.717) is 11.6 Å². The van der Waals surface area contributed by atoms with E-state index < -0.39 is 0 Å². The van der Waals surface area contributed by atoms with Crippen LogP contribution < -0.4 is 11.6 Å². The van der Waals surface area contributed by atoms with Gasteiger partial charge in [0, 0.05) is 6.07 Å². The maximum Gasteiger partial charge on any atom is 0.199 e. The first-order chi connectivity index (χ1) is 4.33. The van der Waals surface area contributed by atoms with Gasteiger partial charge in [-0.25, -0.2) is 0 Å². The number of nitrogens with two attached hydrogens (primary N) is 2. The SMILES string of the molecule is NN=Nc1cc(N)[nH]n1. The van der Waals surface area contributed by atoms with E-state index in [2.05, 4.69) is 20.5 Å². The summed E-state index contributed by atoms with van der Waals surface area (Å²) in [5.74, 6) is 5.56. The lowest BCUT2D eigenvalue weighted by Crippen LogP contribution is -1.81. The summed E-state index contributed by atoms with van der Waals surface area (Å²) in [7, 11) is 0. The van der Waals surface area contributed by atoms with Crippen LogP contribution in [0.15, 0.2) is 16.4 Å². The highest BCUT2D eigenvalue weighted by Gasteiger charge is 1.91. The van der Waals surface area contributed by atoms with Gasteiger partial charge in [0.15, 0.2) is 5.82 Å². The minimum Gasteiger partial charge on any atom is -0.384 e. The number of hydrogen-bond donors (Lipinski definition) is 3. The van der Waals surface area contributed by atoms with Crippen LogP contribution in [0.2, 0.25) is 0 Å². The number of hydrogen-bond acceptors (Lipinski definition) is 4. The normalized spacial score (nSPS) is 10.7. The van der Waals surface area contributed by atoms with Crippen LogP contribution in [0.1, 0.15) is 0 Å². The molecule has 0 radical (unpaired) electrons. The third kappa shape index (κ3) is 1.15. The summed E-state index contributed by atoms with van der Waals surface area (Å²) in [5, 5.41) is 12.5. The van der Waals surface area contributed by atoms with Crippen LogP contribution in [0.25, 0.3) is 0 Å². The lowest BCUT2D eigenvalue weighted by molar-refractivity contribution is 1.00. The quantitative estimate of drug-likeness (QED) is 0.279. The molecule has 5 N–H and O–H groups in total. The van der Waals surface area contributed by atoms with Gasteiger partial charge in [-0.3, -0.25) is 5.10 Å². The van der Waals surface area contributed by atoms with Crippen LogP contribution in [0.4, 0.5) is 11.6 Å². The van der Waals surface area contributed by atoms with Crippen LogP contribution in [0, 0.1) is 0 Å². The predicted molar refractivity (Wildman–Crippen MR) is 31.7 cm³/mol. The molecule has 0 atom stereocenters. The Hall–Kier alpha value is -1.59. The molecule has 1 heterocycles. The van der Waals surface area contributed by atoms with Crippen molar-refractivity contribution in [3.63, 3.8) is 0 Å². The number of nitrogens with zero attached hydrogens (tertiary/aromatic N) is 3. The van der Waals surface area contributed by atoms with E-state index >= 15 is 0 Å². The number of aromatic nitrogens is 2. The Morgan fingerprint density at radius 3 is 2.89 bits per heavy atom. The van der Waals surface area contributed by atoms with Gasteiger partial charge in [-0.2, -0.15) is 5.10 Å². The molecule has 0 unspecified atom stereocenters. The van der Waals surface area contributed by atoms with Gasteiger partial charge in [0.25, 0.3) is 0 Å². The maximum absolute atomic E-state index is 5.25. The molecule has 0 spiro atoms. The van der Waals surface area contributed by atoms with Crippen molar-refractivity contribution >= 4 is 11.6 Å². The summed E-state index contributed by atoms with van der Waals surface area (Å²) in [6, 6.07) is 1.52. The minimum atomic E-state index is 0.384. The summed E-state index contributed by atoms with van der Waals surface area (Å²) in [5.41, 5.74) is 5.25. The molecule has 0 aliphatic rings. The zero-order valence-corrected chi connectivity index (χ0v) is 4.57. The molecule has 0 aliphatic heterocycles. The van der Waals surface area contributed by atoms with Crippen molar-refractivity contribution in [3.05, 3.63) is 6.07 Å². The lowest BCUT2D eigenvalue weighted by Gasteiger charge is -1.72. The van der Waals surface area contributed by atoms with Crippen LogP contribution in [0.3, 0.4) is 0 Å². The van der Waals surface area contributed by atoms with Gasteiger partial charge < -0.3 is 11.6 Å². The van der Waals surface area contributed by atoms with Crippen molar-refractivity contribution < 1.29 is 0 Å². The fraction of sp³-hybridized carbons (Fsp3) is 0. The Kier molecular flexibility index (Phi) is 1.31. The second-order valence-electron chi connectivity index (χ2n) is 1.40. The predicted octanol–water partition coefficient (Wildman–Crippen LogP) is -0.0507. The highest BCUT2D eigenvalue weighted by atomic mass is 15.3. The van der Waals surface area contributed by atoms with E-state index in [0.717, 1.165) is 0 Å². The molecule has 0 aromatic carbocycles. The topological polar surface area (TPSA) is 105 Å². The molecule has 48 valence electrons. The molecule has 0 bridgehead atoms. The Labute approximate surface area is 50.9 Å². The number of nitrogens with one attached hydrogen (secondary N) is 1. The van der Waals surface area contributed by atoms with Crippen LogP contribution in [-0.2, 0) is 0 Å². The summed E-state index contributed by atoms with van der Waals surface area (Å²) < 4.78 is 0. The van der Waals surface area contributed by atoms with E-state index in [-0.39, 0.29) is 0 Å². The minimum absolute atomic E-state index is 0.384.